The summed E-state index contributed by atoms with van der Waals surface area (Å²) in [6, 6.07) is 2.40. The molecule has 5 heteroatoms. The third kappa shape index (κ3) is 4.72. The molecule has 0 saturated carbocycles. The molecule has 0 atom stereocenters. The minimum atomic E-state index is 0.139. The highest BCUT2D eigenvalue weighted by Crippen LogP contribution is 2.03. The average molecular weight is 239 g/mol. The molecule has 0 aliphatic carbocycles. The van der Waals surface area contributed by atoms with Crippen LogP contribution in [-0.2, 0) is 9.53 Å². The summed E-state index contributed by atoms with van der Waals surface area (Å²) in [5, 5.41) is 8.59. The van der Waals surface area contributed by atoms with Crippen molar-refractivity contribution in [1.82, 2.24) is 9.80 Å². The van der Waals surface area contributed by atoms with Crippen LogP contribution in [0.25, 0.3) is 0 Å². The fourth-order valence-electron chi connectivity index (χ4n) is 1.80. The maximum Gasteiger partial charge on any atom is 0.236 e. The van der Waals surface area contributed by atoms with Gasteiger partial charge in [0.2, 0.25) is 5.91 Å². The van der Waals surface area contributed by atoms with Crippen LogP contribution in [0.15, 0.2) is 0 Å². The Kier molecular flexibility index (Phi) is 5.95. The van der Waals surface area contributed by atoms with Crippen molar-refractivity contribution in [1.29, 1.82) is 5.26 Å². The van der Waals surface area contributed by atoms with Crippen molar-refractivity contribution >= 4 is 5.91 Å². The molecule has 0 bridgehead atoms. The molecule has 1 amide bonds. The molecule has 1 heterocycles. The highest BCUT2D eigenvalue weighted by molar-refractivity contribution is 5.78. The maximum absolute atomic E-state index is 12.0. The summed E-state index contributed by atoms with van der Waals surface area (Å²) in [5.74, 6) is 0.139. The van der Waals surface area contributed by atoms with Crippen molar-refractivity contribution in [3.63, 3.8) is 0 Å². The molecule has 1 fully saturated rings. The Morgan fingerprint density at radius 1 is 1.47 bits per heavy atom. The molecular weight excluding hydrogens is 218 g/mol. The summed E-state index contributed by atoms with van der Waals surface area (Å²) >= 11 is 0. The van der Waals surface area contributed by atoms with Gasteiger partial charge in [-0.2, -0.15) is 5.26 Å². The van der Waals surface area contributed by atoms with Gasteiger partial charge in [0, 0.05) is 32.1 Å². The third-order valence-corrected chi connectivity index (χ3v) is 2.94. The summed E-state index contributed by atoms with van der Waals surface area (Å²) < 4.78 is 5.22. The van der Waals surface area contributed by atoms with E-state index in [-0.39, 0.29) is 11.9 Å². The number of nitrogens with zero attached hydrogens (tertiary/aromatic N) is 3. The minimum absolute atomic E-state index is 0.139. The van der Waals surface area contributed by atoms with Crippen LogP contribution in [0.5, 0.6) is 0 Å². The van der Waals surface area contributed by atoms with E-state index in [1.54, 1.807) is 0 Å². The van der Waals surface area contributed by atoms with Gasteiger partial charge in [-0.05, 0) is 13.8 Å². The van der Waals surface area contributed by atoms with Crippen LogP contribution in [-0.4, -0.2) is 61.1 Å². The first-order chi connectivity index (χ1) is 8.15. The molecule has 0 N–H and O–H groups in total. The maximum atomic E-state index is 12.0. The second kappa shape index (κ2) is 7.25. The van der Waals surface area contributed by atoms with Gasteiger partial charge in [0.25, 0.3) is 0 Å². The molecule has 1 aliphatic heterocycles. The van der Waals surface area contributed by atoms with Gasteiger partial charge in [0.1, 0.15) is 0 Å². The molecule has 96 valence electrons. The lowest BCUT2D eigenvalue weighted by atomic mass is 10.2. The van der Waals surface area contributed by atoms with E-state index in [9.17, 15) is 4.79 Å². The molecule has 0 radical (unpaired) electrons. The smallest absolute Gasteiger partial charge is 0.236 e. The molecule has 17 heavy (non-hydrogen) atoms. The Labute approximate surface area is 103 Å². The molecule has 1 saturated heterocycles. The number of nitriles is 1. The average Bonchev–Trinajstić information content (AvgIpc) is 2.35. The van der Waals surface area contributed by atoms with Crippen LogP contribution >= 0.6 is 0 Å². The zero-order valence-electron chi connectivity index (χ0n) is 10.7. The SMILES string of the molecule is CC(C)N(CCC#N)CC(=O)N1CCOCC1. The first-order valence-electron chi connectivity index (χ1n) is 6.11. The van der Waals surface area contributed by atoms with E-state index in [1.807, 2.05) is 23.6 Å². The Morgan fingerprint density at radius 3 is 2.65 bits per heavy atom. The molecule has 0 aromatic heterocycles. The summed E-state index contributed by atoms with van der Waals surface area (Å²) in [5.41, 5.74) is 0. The second-order valence-corrected chi connectivity index (χ2v) is 4.47. The molecule has 1 rings (SSSR count). The largest absolute Gasteiger partial charge is 0.378 e. The Bertz CT molecular complexity index is 280. The fourth-order valence-corrected chi connectivity index (χ4v) is 1.80. The van der Waals surface area contributed by atoms with E-state index in [2.05, 4.69) is 6.07 Å². The quantitative estimate of drug-likeness (QED) is 0.700. The van der Waals surface area contributed by atoms with Crippen molar-refractivity contribution in [2.24, 2.45) is 0 Å². The lowest BCUT2D eigenvalue weighted by Gasteiger charge is -2.31. The van der Waals surface area contributed by atoms with Crippen molar-refractivity contribution in [3.05, 3.63) is 0 Å². The third-order valence-electron chi connectivity index (χ3n) is 2.94. The van der Waals surface area contributed by atoms with E-state index in [1.165, 1.54) is 0 Å². The van der Waals surface area contributed by atoms with Gasteiger partial charge >= 0.3 is 0 Å². The molecule has 0 unspecified atom stereocenters. The topological polar surface area (TPSA) is 56.6 Å². The van der Waals surface area contributed by atoms with E-state index < -0.39 is 0 Å². The van der Waals surface area contributed by atoms with Crippen LogP contribution < -0.4 is 0 Å². The van der Waals surface area contributed by atoms with E-state index >= 15 is 0 Å². The zero-order valence-corrected chi connectivity index (χ0v) is 10.7. The molecule has 1 aliphatic rings. The normalized spacial score (nSPS) is 16.3. The standard InChI is InChI=1S/C12H21N3O2/c1-11(2)15(5-3-4-13)10-12(16)14-6-8-17-9-7-14/h11H,3,5-10H2,1-2H3. The van der Waals surface area contributed by atoms with Gasteiger partial charge in [-0.15, -0.1) is 0 Å². The summed E-state index contributed by atoms with van der Waals surface area (Å²) in [6.45, 7) is 7.78. The number of morpholine rings is 1. The predicted octanol–water partition coefficient (Wildman–Crippen LogP) is 0.469. The minimum Gasteiger partial charge on any atom is -0.378 e. The van der Waals surface area contributed by atoms with Gasteiger partial charge in [0.15, 0.2) is 0 Å². The van der Waals surface area contributed by atoms with Crippen molar-refractivity contribution < 1.29 is 9.53 Å². The van der Waals surface area contributed by atoms with Gasteiger partial charge < -0.3 is 9.64 Å². The van der Waals surface area contributed by atoms with Gasteiger partial charge in [-0.25, -0.2) is 0 Å². The van der Waals surface area contributed by atoms with Crippen molar-refractivity contribution in [3.8, 4) is 6.07 Å². The van der Waals surface area contributed by atoms with Gasteiger partial charge in [0.05, 0.1) is 25.8 Å². The number of hydrogen-bond acceptors (Lipinski definition) is 4. The van der Waals surface area contributed by atoms with Crippen LogP contribution in [0.1, 0.15) is 20.3 Å². The molecular formula is C12H21N3O2. The van der Waals surface area contributed by atoms with Crippen LogP contribution in [0.2, 0.25) is 0 Å². The summed E-state index contributed by atoms with van der Waals surface area (Å²) in [4.78, 5) is 15.9. The lowest BCUT2D eigenvalue weighted by molar-refractivity contribution is -0.136. The van der Waals surface area contributed by atoms with Crippen molar-refractivity contribution in [2.45, 2.75) is 26.3 Å². The number of hydrogen-bond donors (Lipinski definition) is 0. The van der Waals surface area contributed by atoms with E-state index in [0.29, 0.717) is 45.8 Å². The monoisotopic (exact) mass is 239 g/mol. The lowest BCUT2D eigenvalue weighted by Crippen LogP contribution is -2.47. The number of ether oxygens (including phenoxy) is 1. The first-order valence-corrected chi connectivity index (χ1v) is 6.11. The summed E-state index contributed by atoms with van der Waals surface area (Å²) in [6.07, 6.45) is 0.467. The van der Waals surface area contributed by atoms with Crippen LogP contribution in [0, 0.1) is 11.3 Å². The van der Waals surface area contributed by atoms with Crippen LogP contribution in [0.4, 0.5) is 0 Å². The van der Waals surface area contributed by atoms with Gasteiger partial charge in [-0.3, -0.25) is 9.69 Å². The zero-order chi connectivity index (χ0) is 12.7. The summed E-state index contributed by atoms with van der Waals surface area (Å²) in [7, 11) is 0. The Balaban J connectivity index is 2.42. The van der Waals surface area contributed by atoms with Gasteiger partial charge in [-0.1, -0.05) is 0 Å². The molecule has 0 aromatic rings. The van der Waals surface area contributed by atoms with E-state index in [0.717, 1.165) is 0 Å². The number of amides is 1. The number of rotatable bonds is 5. The molecule has 0 spiro atoms. The van der Waals surface area contributed by atoms with Crippen molar-refractivity contribution in [2.75, 3.05) is 39.4 Å². The number of carbonyl (C=O) groups excluding carboxylic acids is 1. The molecule has 5 nitrogen and oxygen atoms in total. The predicted molar refractivity (Wildman–Crippen MR) is 64.3 cm³/mol. The molecule has 0 aromatic carbocycles. The van der Waals surface area contributed by atoms with Crippen LogP contribution in [0.3, 0.4) is 0 Å². The highest BCUT2D eigenvalue weighted by atomic mass is 16.5. The first kappa shape index (κ1) is 13.9. The fraction of sp³-hybridized carbons (Fsp3) is 0.833. The highest BCUT2D eigenvalue weighted by Gasteiger charge is 2.20. The van der Waals surface area contributed by atoms with E-state index in [4.69, 9.17) is 10.00 Å². The Morgan fingerprint density at radius 2 is 2.12 bits per heavy atom. The second-order valence-electron chi connectivity index (χ2n) is 4.47. The Hall–Kier alpha value is -1.12. The number of carbonyl (C=O) groups is 1.